The van der Waals surface area contributed by atoms with Gasteiger partial charge in [0.05, 0.1) is 6.61 Å². The molecule has 0 saturated carbocycles. The quantitative estimate of drug-likeness (QED) is 0.591. The van der Waals surface area contributed by atoms with Gasteiger partial charge in [0.2, 0.25) is 0 Å². The third kappa shape index (κ3) is 10.3. The average Bonchev–Trinajstić information content (AvgIpc) is 2.02. The van der Waals surface area contributed by atoms with Gasteiger partial charge in [-0.1, -0.05) is 13.8 Å². The number of ether oxygens (including phenoxy) is 1. The summed E-state index contributed by atoms with van der Waals surface area (Å²) in [5.74, 6) is 1.11. The fourth-order valence-corrected chi connectivity index (χ4v) is 1.09. The SMILES string of the molecule is CSCCOCCCNC(C)C. The zero-order chi connectivity index (χ0) is 9.23. The molecule has 0 fully saturated rings. The Bertz CT molecular complexity index is 88.6. The molecule has 0 bridgehead atoms. The van der Waals surface area contributed by atoms with Crippen LogP contribution >= 0.6 is 11.8 Å². The fraction of sp³-hybridized carbons (Fsp3) is 1.00. The number of rotatable bonds is 8. The van der Waals surface area contributed by atoms with Gasteiger partial charge in [0.25, 0.3) is 0 Å². The monoisotopic (exact) mass is 191 g/mol. The second-order valence-corrected chi connectivity index (χ2v) is 4.05. The molecule has 0 spiro atoms. The Labute approximate surface area is 80.4 Å². The third-order valence-electron chi connectivity index (χ3n) is 1.45. The molecule has 0 atom stereocenters. The molecule has 0 aromatic rings. The van der Waals surface area contributed by atoms with Crippen molar-refractivity contribution >= 4 is 11.8 Å². The molecule has 2 nitrogen and oxygen atoms in total. The van der Waals surface area contributed by atoms with Crippen molar-refractivity contribution in [2.75, 3.05) is 31.8 Å². The summed E-state index contributed by atoms with van der Waals surface area (Å²) in [6, 6.07) is 0.594. The van der Waals surface area contributed by atoms with Gasteiger partial charge in [0, 0.05) is 18.4 Å². The first-order chi connectivity index (χ1) is 5.77. The molecule has 74 valence electrons. The van der Waals surface area contributed by atoms with E-state index in [0.717, 1.165) is 31.9 Å². The Kier molecular flexibility index (Phi) is 9.57. The van der Waals surface area contributed by atoms with Crippen LogP contribution in [-0.4, -0.2) is 37.8 Å². The van der Waals surface area contributed by atoms with Crippen molar-refractivity contribution < 1.29 is 4.74 Å². The molecule has 0 saturated heterocycles. The molecule has 1 N–H and O–H groups in total. The summed E-state index contributed by atoms with van der Waals surface area (Å²) in [5, 5.41) is 3.35. The largest absolute Gasteiger partial charge is 0.381 e. The molecule has 0 unspecified atom stereocenters. The molecule has 0 aromatic carbocycles. The summed E-state index contributed by atoms with van der Waals surface area (Å²) in [6.07, 6.45) is 3.22. The van der Waals surface area contributed by atoms with E-state index in [1.54, 1.807) is 0 Å². The maximum Gasteiger partial charge on any atom is 0.0556 e. The topological polar surface area (TPSA) is 21.3 Å². The van der Waals surface area contributed by atoms with E-state index in [9.17, 15) is 0 Å². The molecule has 0 aliphatic carbocycles. The van der Waals surface area contributed by atoms with Crippen molar-refractivity contribution in [3.8, 4) is 0 Å². The van der Waals surface area contributed by atoms with E-state index < -0.39 is 0 Å². The van der Waals surface area contributed by atoms with Crippen molar-refractivity contribution in [3.63, 3.8) is 0 Å². The Hall–Kier alpha value is 0.270. The summed E-state index contributed by atoms with van der Waals surface area (Å²) in [4.78, 5) is 0. The lowest BCUT2D eigenvalue weighted by Gasteiger charge is -2.07. The zero-order valence-electron chi connectivity index (χ0n) is 8.43. The molecule has 0 aliphatic rings. The fourth-order valence-electron chi connectivity index (χ4n) is 0.809. The van der Waals surface area contributed by atoms with Crippen molar-refractivity contribution in [1.82, 2.24) is 5.32 Å². The van der Waals surface area contributed by atoms with Crippen LogP contribution in [0.4, 0.5) is 0 Å². The first-order valence-electron chi connectivity index (χ1n) is 4.57. The van der Waals surface area contributed by atoms with E-state index in [1.165, 1.54) is 0 Å². The van der Waals surface area contributed by atoms with E-state index in [2.05, 4.69) is 25.4 Å². The average molecular weight is 191 g/mol. The van der Waals surface area contributed by atoms with E-state index in [0.29, 0.717) is 6.04 Å². The predicted molar refractivity (Wildman–Crippen MR) is 57.0 cm³/mol. The van der Waals surface area contributed by atoms with Gasteiger partial charge in [-0.15, -0.1) is 0 Å². The molecule has 0 heterocycles. The van der Waals surface area contributed by atoms with Gasteiger partial charge in [-0.3, -0.25) is 0 Å². The predicted octanol–water partition coefficient (Wildman–Crippen LogP) is 1.75. The first-order valence-corrected chi connectivity index (χ1v) is 5.97. The molecule has 0 amide bonds. The summed E-state index contributed by atoms with van der Waals surface area (Å²) in [5.41, 5.74) is 0. The Morgan fingerprint density at radius 1 is 1.33 bits per heavy atom. The van der Waals surface area contributed by atoms with Crippen LogP contribution in [0.5, 0.6) is 0 Å². The maximum atomic E-state index is 5.40. The minimum absolute atomic E-state index is 0.594. The number of thioether (sulfide) groups is 1. The van der Waals surface area contributed by atoms with Crippen LogP contribution in [-0.2, 0) is 4.74 Å². The highest BCUT2D eigenvalue weighted by molar-refractivity contribution is 7.98. The number of nitrogens with one attached hydrogen (secondary N) is 1. The van der Waals surface area contributed by atoms with E-state index >= 15 is 0 Å². The van der Waals surface area contributed by atoms with E-state index in [-0.39, 0.29) is 0 Å². The molecule has 12 heavy (non-hydrogen) atoms. The second-order valence-electron chi connectivity index (χ2n) is 3.07. The summed E-state index contributed by atoms with van der Waals surface area (Å²) >= 11 is 1.83. The van der Waals surface area contributed by atoms with Crippen molar-refractivity contribution in [1.29, 1.82) is 0 Å². The molecule has 3 heteroatoms. The van der Waals surface area contributed by atoms with Gasteiger partial charge in [-0.2, -0.15) is 11.8 Å². The summed E-state index contributed by atoms with van der Waals surface area (Å²) in [7, 11) is 0. The van der Waals surface area contributed by atoms with Crippen LogP contribution in [0.1, 0.15) is 20.3 Å². The van der Waals surface area contributed by atoms with Gasteiger partial charge in [0.1, 0.15) is 0 Å². The second kappa shape index (κ2) is 9.36. The highest BCUT2D eigenvalue weighted by atomic mass is 32.2. The van der Waals surface area contributed by atoms with Gasteiger partial charge >= 0.3 is 0 Å². The van der Waals surface area contributed by atoms with Gasteiger partial charge in [0.15, 0.2) is 0 Å². The lowest BCUT2D eigenvalue weighted by molar-refractivity contribution is 0.147. The summed E-state index contributed by atoms with van der Waals surface area (Å²) < 4.78 is 5.40. The van der Waals surface area contributed by atoms with E-state index in [4.69, 9.17) is 4.74 Å². The molecular weight excluding hydrogens is 170 g/mol. The zero-order valence-corrected chi connectivity index (χ0v) is 9.25. The minimum Gasteiger partial charge on any atom is -0.381 e. The minimum atomic E-state index is 0.594. The van der Waals surface area contributed by atoms with Crippen LogP contribution in [0.25, 0.3) is 0 Å². The highest BCUT2D eigenvalue weighted by Crippen LogP contribution is 1.91. The lowest BCUT2D eigenvalue weighted by atomic mass is 10.3. The molecule has 0 radical (unpaired) electrons. The van der Waals surface area contributed by atoms with Gasteiger partial charge < -0.3 is 10.1 Å². The first kappa shape index (κ1) is 12.3. The van der Waals surface area contributed by atoms with Crippen LogP contribution < -0.4 is 5.32 Å². The smallest absolute Gasteiger partial charge is 0.0556 e. The summed E-state index contributed by atoms with van der Waals surface area (Å²) in [6.45, 7) is 7.17. The van der Waals surface area contributed by atoms with Gasteiger partial charge in [-0.05, 0) is 19.2 Å². The van der Waals surface area contributed by atoms with Crippen molar-refractivity contribution in [2.45, 2.75) is 26.3 Å². The van der Waals surface area contributed by atoms with E-state index in [1.807, 2.05) is 11.8 Å². The number of hydrogen-bond acceptors (Lipinski definition) is 3. The maximum absolute atomic E-state index is 5.40. The lowest BCUT2D eigenvalue weighted by Crippen LogP contribution is -2.24. The molecule has 0 rings (SSSR count). The van der Waals surface area contributed by atoms with Crippen LogP contribution in [0.2, 0.25) is 0 Å². The standard InChI is InChI=1S/C9H21NOS/c1-9(2)10-5-4-6-11-7-8-12-3/h9-10H,4-8H2,1-3H3. The van der Waals surface area contributed by atoms with Gasteiger partial charge in [-0.25, -0.2) is 0 Å². The van der Waals surface area contributed by atoms with Crippen molar-refractivity contribution in [3.05, 3.63) is 0 Å². The Morgan fingerprint density at radius 2 is 2.08 bits per heavy atom. The van der Waals surface area contributed by atoms with Crippen LogP contribution in [0.3, 0.4) is 0 Å². The molecule has 0 aliphatic heterocycles. The molecule has 0 aromatic heterocycles. The van der Waals surface area contributed by atoms with Crippen molar-refractivity contribution in [2.24, 2.45) is 0 Å². The Balaban J connectivity index is 2.82. The van der Waals surface area contributed by atoms with Crippen LogP contribution in [0, 0.1) is 0 Å². The number of hydrogen-bond donors (Lipinski definition) is 1. The Morgan fingerprint density at radius 3 is 2.67 bits per heavy atom. The highest BCUT2D eigenvalue weighted by Gasteiger charge is 1.91. The third-order valence-corrected chi connectivity index (χ3v) is 2.02. The van der Waals surface area contributed by atoms with Crippen LogP contribution in [0.15, 0.2) is 0 Å². The normalized spacial score (nSPS) is 11.0. The molecular formula is C9H21NOS.